The molecule has 0 heterocycles. The number of amides is 1. The Bertz CT molecular complexity index is 654. The molecule has 0 fully saturated rings. The van der Waals surface area contributed by atoms with Crippen LogP contribution in [-0.2, 0) is 16.6 Å². The number of para-hydroxylation sites is 1. The normalized spacial score (nSPS) is 13.1. The molecule has 3 nitrogen and oxygen atoms in total. The van der Waals surface area contributed by atoms with Crippen LogP contribution in [0, 0.1) is 0 Å². The average Bonchev–Trinajstić information content (AvgIpc) is 2.62. The monoisotopic (exact) mass is 325 g/mol. The molecule has 0 aliphatic carbocycles. The van der Waals surface area contributed by atoms with Crippen molar-refractivity contribution >= 4 is 5.91 Å². The van der Waals surface area contributed by atoms with Crippen molar-refractivity contribution in [2.24, 2.45) is 0 Å². The number of hydrogen-bond donors (Lipinski definition) is 1. The molecule has 0 spiro atoms. The van der Waals surface area contributed by atoms with E-state index in [1.54, 1.807) is 7.11 Å². The minimum absolute atomic E-state index is 0.0212. The van der Waals surface area contributed by atoms with Gasteiger partial charge in [0.2, 0.25) is 5.91 Å². The molecule has 128 valence electrons. The quantitative estimate of drug-likeness (QED) is 0.793. The Morgan fingerprint density at radius 3 is 2.42 bits per heavy atom. The number of benzene rings is 2. The molecule has 0 bridgehead atoms. The summed E-state index contributed by atoms with van der Waals surface area (Å²) in [4.78, 5) is 12.1. The SMILES string of the molecule is CC[C@@](C)(CCNC(=O)Cc1ccccc1)c1ccccc1OC. The van der Waals surface area contributed by atoms with Crippen LogP contribution in [0.4, 0.5) is 0 Å². The highest BCUT2D eigenvalue weighted by Gasteiger charge is 2.27. The highest BCUT2D eigenvalue weighted by Crippen LogP contribution is 2.36. The lowest BCUT2D eigenvalue weighted by Crippen LogP contribution is -2.32. The highest BCUT2D eigenvalue weighted by atomic mass is 16.5. The second-order valence-electron chi connectivity index (χ2n) is 6.38. The second kappa shape index (κ2) is 8.53. The molecule has 1 N–H and O–H groups in total. The molecule has 0 saturated carbocycles. The van der Waals surface area contributed by atoms with Gasteiger partial charge >= 0.3 is 0 Å². The van der Waals surface area contributed by atoms with Crippen molar-refractivity contribution in [3.63, 3.8) is 0 Å². The molecule has 0 aliphatic rings. The Morgan fingerprint density at radius 2 is 1.75 bits per heavy atom. The van der Waals surface area contributed by atoms with Gasteiger partial charge in [0.25, 0.3) is 0 Å². The number of nitrogens with one attached hydrogen (secondary N) is 1. The van der Waals surface area contributed by atoms with Crippen molar-refractivity contribution in [3.8, 4) is 5.75 Å². The molecule has 0 radical (unpaired) electrons. The smallest absolute Gasteiger partial charge is 0.224 e. The van der Waals surface area contributed by atoms with Crippen molar-refractivity contribution in [2.75, 3.05) is 13.7 Å². The number of carbonyl (C=O) groups excluding carboxylic acids is 1. The lowest BCUT2D eigenvalue weighted by molar-refractivity contribution is -0.120. The summed E-state index contributed by atoms with van der Waals surface area (Å²) in [5.41, 5.74) is 2.22. The molecule has 0 aliphatic heterocycles. The molecule has 2 aromatic rings. The van der Waals surface area contributed by atoms with Gasteiger partial charge in [-0.15, -0.1) is 0 Å². The largest absolute Gasteiger partial charge is 0.496 e. The van der Waals surface area contributed by atoms with Gasteiger partial charge in [-0.05, 0) is 29.9 Å². The molecule has 2 aromatic carbocycles. The van der Waals surface area contributed by atoms with Crippen LogP contribution in [0.1, 0.15) is 37.8 Å². The van der Waals surface area contributed by atoms with Crippen LogP contribution in [0.25, 0.3) is 0 Å². The van der Waals surface area contributed by atoms with Crippen LogP contribution in [0.2, 0.25) is 0 Å². The fraction of sp³-hybridized carbons (Fsp3) is 0.381. The van der Waals surface area contributed by atoms with Crippen LogP contribution in [0.5, 0.6) is 5.75 Å². The van der Waals surface area contributed by atoms with Gasteiger partial charge in [-0.3, -0.25) is 4.79 Å². The van der Waals surface area contributed by atoms with Crippen LogP contribution >= 0.6 is 0 Å². The number of methoxy groups -OCH3 is 1. The van der Waals surface area contributed by atoms with Crippen LogP contribution < -0.4 is 10.1 Å². The Kier molecular flexibility index (Phi) is 6.42. The minimum Gasteiger partial charge on any atom is -0.496 e. The molecule has 0 unspecified atom stereocenters. The van der Waals surface area contributed by atoms with Gasteiger partial charge in [-0.2, -0.15) is 0 Å². The third kappa shape index (κ3) is 4.60. The van der Waals surface area contributed by atoms with Gasteiger partial charge in [0.1, 0.15) is 5.75 Å². The van der Waals surface area contributed by atoms with Gasteiger partial charge < -0.3 is 10.1 Å². The van der Waals surface area contributed by atoms with Crippen molar-refractivity contribution in [3.05, 3.63) is 65.7 Å². The molecular weight excluding hydrogens is 298 g/mol. The maximum absolute atomic E-state index is 12.1. The summed E-state index contributed by atoms with van der Waals surface area (Å²) in [6, 6.07) is 18.0. The lowest BCUT2D eigenvalue weighted by Gasteiger charge is -2.30. The van der Waals surface area contributed by atoms with E-state index in [4.69, 9.17) is 4.74 Å². The zero-order valence-corrected chi connectivity index (χ0v) is 14.8. The zero-order chi connectivity index (χ0) is 17.4. The van der Waals surface area contributed by atoms with Gasteiger partial charge in [-0.1, -0.05) is 62.4 Å². The highest BCUT2D eigenvalue weighted by molar-refractivity contribution is 5.78. The van der Waals surface area contributed by atoms with E-state index in [0.29, 0.717) is 13.0 Å². The summed E-state index contributed by atoms with van der Waals surface area (Å²) < 4.78 is 5.51. The summed E-state index contributed by atoms with van der Waals surface area (Å²) in [5, 5.41) is 3.05. The predicted molar refractivity (Wildman–Crippen MR) is 98.4 cm³/mol. The minimum atomic E-state index is -0.0212. The molecule has 2 rings (SSSR count). The van der Waals surface area contributed by atoms with E-state index >= 15 is 0 Å². The lowest BCUT2D eigenvalue weighted by atomic mass is 9.77. The Balaban J connectivity index is 1.94. The van der Waals surface area contributed by atoms with Crippen molar-refractivity contribution in [1.82, 2.24) is 5.32 Å². The number of ether oxygens (including phenoxy) is 1. The summed E-state index contributed by atoms with van der Waals surface area (Å²) in [6.45, 7) is 5.07. The Morgan fingerprint density at radius 1 is 1.08 bits per heavy atom. The molecule has 0 saturated heterocycles. The molecule has 24 heavy (non-hydrogen) atoms. The number of hydrogen-bond acceptors (Lipinski definition) is 2. The van der Waals surface area contributed by atoms with Gasteiger partial charge in [0.05, 0.1) is 13.5 Å². The summed E-state index contributed by atoms with van der Waals surface area (Å²) in [5.74, 6) is 0.983. The van der Waals surface area contributed by atoms with Gasteiger partial charge in [0.15, 0.2) is 0 Å². The van der Waals surface area contributed by atoms with E-state index in [0.717, 1.165) is 24.2 Å². The summed E-state index contributed by atoms with van der Waals surface area (Å²) in [6.07, 6.45) is 2.30. The summed E-state index contributed by atoms with van der Waals surface area (Å²) in [7, 11) is 1.70. The first-order valence-corrected chi connectivity index (χ1v) is 8.53. The van der Waals surface area contributed by atoms with E-state index in [2.05, 4.69) is 25.2 Å². The predicted octanol–water partition coefficient (Wildman–Crippen LogP) is 4.11. The molecule has 3 heteroatoms. The third-order valence-electron chi connectivity index (χ3n) is 4.74. The first kappa shape index (κ1) is 18.1. The second-order valence-corrected chi connectivity index (χ2v) is 6.38. The van der Waals surface area contributed by atoms with Gasteiger partial charge in [0, 0.05) is 12.1 Å². The Hall–Kier alpha value is -2.29. The Labute approximate surface area is 145 Å². The molecular formula is C21H27NO2. The van der Waals surface area contributed by atoms with Crippen LogP contribution in [0.15, 0.2) is 54.6 Å². The van der Waals surface area contributed by atoms with E-state index in [1.165, 1.54) is 5.56 Å². The molecule has 1 amide bonds. The van der Waals surface area contributed by atoms with Crippen molar-refractivity contribution < 1.29 is 9.53 Å². The average molecular weight is 325 g/mol. The first-order chi connectivity index (χ1) is 11.6. The fourth-order valence-corrected chi connectivity index (χ4v) is 2.97. The summed E-state index contributed by atoms with van der Waals surface area (Å²) >= 11 is 0. The number of rotatable bonds is 8. The maximum atomic E-state index is 12.1. The zero-order valence-electron chi connectivity index (χ0n) is 14.8. The van der Waals surface area contributed by atoms with E-state index < -0.39 is 0 Å². The maximum Gasteiger partial charge on any atom is 0.224 e. The standard InChI is InChI=1S/C21H27NO2/c1-4-21(2,18-12-8-9-13-19(18)24-3)14-15-22-20(23)16-17-10-6-5-7-11-17/h5-13H,4,14-16H2,1-3H3,(H,22,23)/t21-/m0/s1. The molecule has 1 atom stereocenters. The molecule has 0 aromatic heterocycles. The topological polar surface area (TPSA) is 38.3 Å². The van der Waals surface area contributed by atoms with Crippen LogP contribution in [-0.4, -0.2) is 19.6 Å². The van der Waals surface area contributed by atoms with E-state index in [9.17, 15) is 4.79 Å². The van der Waals surface area contributed by atoms with Crippen molar-refractivity contribution in [2.45, 2.75) is 38.5 Å². The number of carbonyl (C=O) groups is 1. The van der Waals surface area contributed by atoms with Crippen LogP contribution in [0.3, 0.4) is 0 Å². The first-order valence-electron chi connectivity index (χ1n) is 8.53. The fourth-order valence-electron chi connectivity index (χ4n) is 2.97. The van der Waals surface area contributed by atoms with Crippen molar-refractivity contribution in [1.29, 1.82) is 0 Å². The van der Waals surface area contributed by atoms with Gasteiger partial charge in [-0.25, -0.2) is 0 Å². The third-order valence-corrected chi connectivity index (χ3v) is 4.74. The van der Waals surface area contributed by atoms with E-state index in [-0.39, 0.29) is 11.3 Å². The van der Waals surface area contributed by atoms with E-state index in [1.807, 2.05) is 48.5 Å².